The van der Waals surface area contributed by atoms with E-state index in [2.05, 4.69) is 53.3 Å². The van der Waals surface area contributed by atoms with Crippen molar-refractivity contribution in [3.63, 3.8) is 0 Å². The smallest absolute Gasteiger partial charge is 0.164 e. The molecular weight excluding hydrogens is 388 g/mol. The fraction of sp³-hybridized carbons (Fsp3) is 0.292. The highest BCUT2D eigenvalue weighted by molar-refractivity contribution is 5.87. The molecule has 5 rings (SSSR count). The van der Waals surface area contributed by atoms with Gasteiger partial charge in [0.15, 0.2) is 11.5 Å². The Bertz CT molecular complexity index is 1250. The van der Waals surface area contributed by atoms with Gasteiger partial charge >= 0.3 is 0 Å². The first kappa shape index (κ1) is 19.5. The normalized spacial score (nSPS) is 14.3. The molecule has 0 radical (unpaired) electrons. The molecule has 0 atom stereocenters. The summed E-state index contributed by atoms with van der Waals surface area (Å²) >= 11 is 0. The topological polar surface area (TPSA) is 61.0 Å². The number of anilines is 1. The van der Waals surface area contributed by atoms with Crippen molar-refractivity contribution in [1.82, 2.24) is 24.3 Å². The highest BCUT2D eigenvalue weighted by Gasteiger charge is 2.20. The molecule has 0 aliphatic carbocycles. The minimum Gasteiger partial charge on any atom is -0.378 e. The van der Waals surface area contributed by atoms with Crippen LogP contribution >= 0.6 is 0 Å². The first-order valence-corrected chi connectivity index (χ1v) is 10.5. The lowest BCUT2D eigenvalue weighted by Crippen LogP contribution is -2.36. The molecule has 4 aromatic rings. The van der Waals surface area contributed by atoms with Gasteiger partial charge in [0.25, 0.3) is 0 Å². The van der Waals surface area contributed by atoms with Gasteiger partial charge in [-0.3, -0.25) is 0 Å². The molecule has 3 aromatic heterocycles. The molecule has 1 fully saturated rings. The molecule has 0 unspecified atom stereocenters. The van der Waals surface area contributed by atoms with Crippen molar-refractivity contribution < 1.29 is 4.74 Å². The molecule has 1 aliphatic rings. The van der Waals surface area contributed by atoms with Crippen LogP contribution in [0, 0.1) is 6.92 Å². The zero-order chi connectivity index (χ0) is 21.4. The maximum atomic E-state index is 5.56. The Morgan fingerprint density at radius 1 is 1.16 bits per heavy atom. The number of hydrogen-bond donors (Lipinski definition) is 0. The molecule has 0 spiro atoms. The number of aryl methyl sites for hydroxylation is 1. The monoisotopic (exact) mass is 414 g/mol. The summed E-state index contributed by atoms with van der Waals surface area (Å²) in [7, 11) is 0. The van der Waals surface area contributed by atoms with Gasteiger partial charge < -0.3 is 14.2 Å². The zero-order valence-corrected chi connectivity index (χ0v) is 18.0. The van der Waals surface area contributed by atoms with Crippen molar-refractivity contribution in [1.29, 1.82) is 0 Å². The largest absolute Gasteiger partial charge is 0.378 e. The van der Waals surface area contributed by atoms with Gasteiger partial charge in [-0.05, 0) is 26.0 Å². The van der Waals surface area contributed by atoms with E-state index in [9.17, 15) is 0 Å². The van der Waals surface area contributed by atoms with Gasteiger partial charge in [0.05, 0.1) is 30.9 Å². The van der Waals surface area contributed by atoms with Crippen LogP contribution in [0.5, 0.6) is 0 Å². The quantitative estimate of drug-likeness (QED) is 0.462. The molecule has 7 heteroatoms. The number of benzene rings is 1. The lowest BCUT2D eigenvalue weighted by atomic mass is 10.1. The van der Waals surface area contributed by atoms with Crippen LogP contribution < -0.4 is 4.90 Å². The van der Waals surface area contributed by atoms with E-state index < -0.39 is 0 Å². The summed E-state index contributed by atoms with van der Waals surface area (Å²) in [5.41, 5.74) is 7.10. The average Bonchev–Trinajstić information content (AvgIpc) is 3.41. The minimum absolute atomic E-state index is 0.684. The Labute approximate surface area is 181 Å². The number of morpholine rings is 1. The predicted octanol–water partition coefficient (Wildman–Crippen LogP) is 4.01. The van der Waals surface area contributed by atoms with Gasteiger partial charge in [0.1, 0.15) is 5.52 Å². The maximum absolute atomic E-state index is 5.56. The highest BCUT2D eigenvalue weighted by Crippen LogP contribution is 2.29. The van der Waals surface area contributed by atoms with Gasteiger partial charge in [-0.1, -0.05) is 35.9 Å². The molecule has 1 aromatic carbocycles. The number of rotatable bonds is 5. The summed E-state index contributed by atoms with van der Waals surface area (Å²) in [5.74, 6) is 0.774. The van der Waals surface area contributed by atoms with Crippen LogP contribution in [0.15, 0.2) is 61.1 Å². The Morgan fingerprint density at radius 2 is 2.00 bits per heavy atom. The summed E-state index contributed by atoms with van der Waals surface area (Å²) < 4.78 is 9.45. The van der Waals surface area contributed by atoms with Gasteiger partial charge in [0, 0.05) is 37.5 Å². The van der Waals surface area contributed by atoms with Gasteiger partial charge in [-0.2, -0.15) is 5.10 Å². The van der Waals surface area contributed by atoms with Crippen molar-refractivity contribution >= 4 is 16.9 Å². The third kappa shape index (κ3) is 3.84. The van der Waals surface area contributed by atoms with Crippen LogP contribution in [0.2, 0.25) is 0 Å². The molecule has 7 nitrogen and oxygen atoms in total. The average molecular weight is 415 g/mol. The Morgan fingerprint density at radius 3 is 2.77 bits per heavy atom. The number of allylic oxidation sites excluding steroid dienone is 1. The fourth-order valence-corrected chi connectivity index (χ4v) is 3.98. The summed E-state index contributed by atoms with van der Waals surface area (Å²) in [4.78, 5) is 12.0. The van der Waals surface area contributed by atoms with Gasteiger partial charge in [0.2, 0.25) is 0 Å². The first-order chi connectivity index (χ1) is 15.1. The third-order valence-corrected chi connectivity index (χ3v) is 5.47. The lowest BCUT2D eigenvalue weighted by Gasteiger charge is -2.29. The predicted molar refractivity (Wildman–Crippen MR) is 123 cm³/mol. The van der Waals surface area contributed by atoms with E-state index >= 15 is 0 Å². The van der Waals surface area contributed by atoms with Crippen LogP contribution in [0.1, 0.15) is 12.5 Å². The number of fused-ring (bicyclic) bond motifs is 1. The Hall–Kier alpha value is -3.45. The van der Waals surface area contributed by atoms with Crippen LogP contribution in [-0.4, -0.2) is 50.6 Å². The van der Waals surface area contributed by atoms with E-state index in [1.165, 1.54) is 5.56 Å². The molecule has 31 heavy (non-hydrogen) atoms. The third-order valence-electron chi connectivity index (χ3n) is 5.47. The summed E-state index contributed by atoms with van der Waals surface area (Å²) in [6, 6.07) is 12.5. The molecule has 1 aliphatic heterocycles. The van der Waals surface area contributed by atoms with E-state index in [0.29, 0.717) is 19.8 Å². The van der Waals surface area contributed by atoms with E-state index in [-0.39, 0.29) is 0 Å². The Kier molecular flexibility index (Phi) is 5.03. The van der Waals surface area contributed by atoms with Crippen LogP contribution in [0.4, 0.5) is 5.69 Å². The summed E-state index contributed by atoms with van der Waals surface area (Å²) in [6.07, 6.45) is 3.82. The molecule has 4 heterocycles. The van der Waals surface area contributed by atoms with Crippen molar-refractivity contribution in [2.45, 2.75) is 20.4 Å². The number of aromatic nitrogens is 5. The molecule has 0 N–H and O–H groups in total. The lowest BCUT2D eigenvalue weighted by molar-refractivity contribution is 0.123. The molecular formula is C24H26N6O. The highest BCUT2D eigenvalue weighted by atomic mass is 16.5. The van der Waals surface area contributed by atoms with Crippen molar-refractivity contribution in [3.8, 4) is 17.1 Å². The number of imidazole rings is 1. The van der Waals surface area contributed by atoms with Crippen molar-refractivity contribution in [3.05, 3.63) is 66.6 Å². The van der Waals surface area contributed by atoms with Crippen molar-refractivity contribution in [2.24, 2.45) is 0 Å². The minimum atomic E-state index is 0.684. The van der Waals surface area contributed by atoms with E-state index in [0.717, 1.165) is 52.6 Å². The second-order valence-electron chi connectivity index (χ2n) is 8.12. The number of nitrogens with zero attached hydrogens (tertiary/aromatic N) is 6. The standard InChI is InChI=1S/C24H26N6O/c1-17(2)15-29-16-25-23-21(28-9-11-31-12-10-28)14-22(26-24(23)29)30-8-7-20(27-30)19-6-4-5-18(3)13-19/h4-8,13-14,16H,1,9-12,15H2,2-3H3. The summed E-state index contributed by atoms with van der Waals surface area (Å²) in [5, 5.41) is 4.82. The number of hydrogen-bond acceptors (Lipinski definition) is 5. The van der Waals surface area contributed by atoms with E-state index in [1.807, 2.05) is 30.2 Å². The fourth-order valence-electron chi connectivity index (χ4n) is 3.98. The second kappa shape index (κ2) is 8.00. The van der Waals surface area contributed by atoms with E-state index in [4.69, 9.17) is 19.8 Å². The second-order valence-corrected chi connectivity index (χ2v) is 8.12. The zero-order valence-electron chi connectivity index (χ0n) is 18.0. The molecule has 1 saturated heterocycles. The molecule has 0 bridgehead atoms. The Balaban J connectivity index is 1.62. The first-order valence-electron chi connectivity index (χ1n) is 10.5. The summed E-state index contributed by atoms with van der Waals surface area (Å²) in [6.45, 7) is 11.9. The number of pyridine rings is 1. The molecule has 158 valence electrons. The molecule has 0 amide bonds. The molecule has 0 saturated carbocycles. The number of ether oxygens (including phenoxy) is 1. The van der Waals surface area contributed by atoms with Gasteiger partial charge in [-0.15, -0.1) is 0 Å². The van der Waals surface area contributed by atoms with Gasteiger partial charge in [-0.25, -0.2) is 14.6 Å². The van der Waals surface area contributed by atoms with E-state index in [1.54, 1.807) is 0 Å². The van der Waals surface area contributed by atoms with Crippen molar-refractivity contribution in [2.75, 3.05) is 31.2 Å². The maximum Gasteiger partial charge on any atom is 0.164 e. The SMILES string of the molecule is C=C(C)Cn1cnc2c(N3CCOCC3)cc(-n3ccc(-c4cccc(C)c4)n3)nc21. The van der Waals surface area contributed by atoms with Crippen LogP contribution in [-0.2, 0) is 11.3 Å². The van der Waals surface area contributed by atoms with Crippen LogP contribution in [0.3, 0.4) is 0 Å². The van der Waals surface area contributed by atoms with Crippen LogP contribution in [0.25, 0.3) is 28.2 Å².